The van der Waals surface area contributed by atoms with Crippen LogP contribution in [-0.4, -0.2) is 10.3 Å². The van der Waals surface area contributed by atoms with E-state index in [9.17, 15) is 0 Å². The van der Waals surface area contributed by atoms with Gasteiger partial charge in [0.2, 0.25) is 0 Å². The smallest absolute Gasteiger partial charge is 0.0668 e. The van der Waals surface area contributed by atoms with E-state index in [2.05, 4.69) is 156 Å². The molecule has 1 unspecified atom stereocenters. The summed E-state index contributed by atoms with van der Waals surface area (Å²) >= 11 is 0. The van der Waals surface area contributed by atoms with E-state index in [4.69, 9.17) is 4.99 Å². The van der Waals surface area contributed by atoms with Crippen molar-refractivity contribution in [3.05, 3.63) is 174 Å². The third kappa shape index (κ3) is 4.59. The first-order chi connectivity index (χ1) is 24.3. The molecule has 2 heterocycles. The van der Waals surface area contributed by atoms with Gasteiger partial charge >= 0.3 is 0 Å². The second-order valence-electron chi connectivity index (χ2n) is 13.7. The van der Waals surface area contributed by atoms with E-state index in [1.165, 1.54) is 82.2 Å². The van der Waals surface area contributed by atoms with Crippen LogP contribution in [0.3, 0.4) is 0 Å². The molecule has 7 aromatic rings. The number of fused-ring (bicyclic) bond motifs is 10. The summed E-state index contributed by atoms with van der Waals surface area (Å²) in [6.45, 7) is 0. The highest BCUT2D eigenvalue weighted by molar-refractivity contribution is 6.34. The van der Waals surface area contributed by atoms with Crippen LogP contribution < -0.4 is 0 Å². The van der Waals surface area contributed by atoms with Crippen LogP contribution in [0.2, 0.25) is 0 Å². The summed E-state index contributed by atoms with van der Waals surface area (Å²) in [6.07, 6.45) is 19.1. The fourth-order valence-electron chi connectivity index (χ4n) is 8.54. The summed E-state index contributed by atoms with van der Waals surface area (Å²) in [4.78, 5) is 5.36. The molecular weight excluding hydrogens is 593 g/mol. The minimum Gasteiger partial charge on any atom is -0.312 e. The van der Waals surface area contributed by atoms with Crippen molar-refractivity contribution in [3.63, 3.8) is 0 Å². The first-order valence-electron chi connectivity index (χ1n) is 17.7. The van der Waals surface area contributed by atoms with Gasteiger partial charge in [0.1, 0.15) is 0 Å². The van der Waals surface area contributed by atoms with Gasteiger partial charge in [0.05, 0.1) is 16.7 Å². The van der Waals surface area contributed by atoms with Gasteiger partial charge in [0.15, 0.2) is 0 Å². The number of hydrogen-bond donors (Lipinski definition) is 0. The van der Waals surface area contributed by atoms with Crippen LogP contribution in [0, 0.1) is 0 Å². The van der Waals surface area contributed by atoms with Crippen LogP contribution in [0.5, 0.6) is 0 Å². The second kappa shape index (κ2) is 11.5. The van der Waals surface area contributed by atoms with Crippen LogP contribution in [0.15, 0.2) is 174 Å². The van der Waals surface area contributed by atoms with Crippen molar-refractivity contribution in [3.8, 4) is 0 Å². The molecule has 0 bridgehead atoms. The van der Waals surface area contributed by atoms with Gasteiger partial charge in [-0.3, -0.25) is 4.99 Å². The number of aromatic nitrogens is 1. The molecule has 0 radical (unpaired) electrons. The molecule has 3 aliphatic rings. The van der Waals surface area contributed by atoms with Crippen molar-refractivity contribution < 1.29 is 0 Å². The topological polar surface area (TPSA) is 17.3 Å². The fourth-order valence-corrected chi connectivity index (χ4v) is 8.54. The maximum absolute atomic E-state index is 5.36. The number of allylic oxidation sites excluding steroid dienone is 8. The van der Waals surface area contributed by atoms with Crippen LogP contribution in [0.25, 0.3) is 59.8 Å². The summed E-state index contributed by atoms with van der Waals surface area (Å²) < 4.78 is 2.60. The Morgan fingerprint density at radius 1 is 0.592 bits per heavy atom. The molecule has 10 rings (SSSR count). The predicted octanol–water partition coefficient (Wildman–Crippen LogP) is 12.6. The maximum Gasteiger partial charge on any atom is 0.0668 e. The van der Waals surface area contributed by atoms with Gasteiger partial charge in [-0.2, -0.15) is 0 Å². The Kier molecular flexibility index (Phi) is 6.62. The molecule has 49 heavy (non-hydrogen) atoms. The van der Waals surface area contributed by atoms with E-state index in [0.717, 1.165) is 37.8 Å². The van der Waals surface area contributed by atoms with E-state index in [1.807, 2.05) is 0 Å². The lowest BCUT2D eigenvalue weighted by Crippen LogP contribution is -2.16. The lowest BCUT2D eigenvalue weighted by molar-refractivity contribution is 0.846. The quantitative estimate of drug-likeness (QED) is 0.173. The molecule has 0 spiro atoms. The Balaban J connectivity index is 1.19. The standard InChI is InChI=1S/C47H36N2/c1-3-13-31(14-4-1)35-29-43(33-16-5-2-6-17-33)48-44(30-35)34-23-26-36(27-24-34)49-46-37-18-8-7-15-32(37)25-28-42(46)45-40-21-11-9-19-38(40)39-20-10-12-22-41(39)47(45)49/h1,3-5,7-23,25-26,28-29,35H,2,6,24,27,30H2. The molecule has 0 saturated carbocycles. The third-order valence-electron chi connectivity index (χ3n) is 10.9. The van der Waals surface area contributed by atoms with Crippen LogP contribution in [-0.2, 0) is 0 Å². The molecule has 6 aromatic carbocycles. The van der Waals surface area contributed by atoms with Gasteiger partial charge in [-0.1, -0.05) is 146 Å². The zero-order valence-electron chi connectivity index (χ0n) is 27.4. The van der Waals surface area contributed by atoms with Gasteiger partial charge < -0.3 is 4.57 Å². The average Bonchev–Trinajstić information content (AvgIpc) is 3.55. The molecule has 0 saturated heterocycles. The molecule has 2 aliphatic carbocycles. The number of aliphatic imine (C=N–C) groups is 1. The highest BCUT2D eigenvalue weighted by Crippen LogP contribution is 2.45. The maximum atomic E-state index is 5.36. The van der Waals surface area contributed by atoms with Crippen molar-refractivity contribution in [2.45, 2.75) is 38.0 Å². The van der Waals surface area contributed by atoms with Crippen molar-refractivity contribution in [2.75, 3.05) is 0 Å². The zero-order chi connectivity index (χ0) is 32.3. The zero-order valence-corrected chi connectivity index (χ0v) is 27.4. The van der Waals surface area contributed by atoms with Crippen molar-refractivity contribution in [2.24, 2.45) is 4.99 Å². The van der Waals surface area contributed by atoms with E-state index >= 15 is 0 Å². The highest BCUT2D eigenvalue weighted by atomic mass is 15.0. The molecule has 1 aliphatic heterocycles. The Bertz CT molecular complexity index is 2670. The largest absolute Gasteiger partial charge is 0.312 e. The van der Waals surface area contributed by atoms with E-state index < -0.39 is 0 Å². The summed E-state index contributed by atoms with van der Waals surface area (Å²) in [6, 6.07) is 42.4. The van der Waals surface area contributed by atoms with Gasteiger partial charge in [0, 0.05) is 45.3 Å². The molecule has 2 heteroatoms. The summed E-state index contributed by atoms with van der Waals surface area (Å²) in [5.74, 6) is 0.314. The highest BCUT2D eigenvalue weighted by Gasteiger charge is 2.26. The fraction of sp³-hybridized carbons (Fsp3) is 0.128. The molecule has 0 fully saturated rings. The average molecular weight is 629 g/mol. The third-order valence-corrected chi connectivity index (χ3v) is 10.9. The number of hydrogen-bond acceptors (Lipinski definition) is 1. The monoisotopic (exact) mass is 628 g/mol. The van der Waals surface area contributed by atoms with Crippen molar-refractivity contribution in [1.82, 2.24) is 4.57 Å². The minimum absolute atomic E-state index is 0.314. The number of nitrogens with zero attached hydrogens (tertiary/aromatic N) is 2. The van der Waals surface area contributed by atoms with E-state index in [-0.39, 0.29) is 0 Å². The van der Waals surface area contributed by atoms with Gasteiger partial charge in [-0.05, 0) is 70.0 Å². The second-order valence-corrected chi connectivity index (χ2v) is 13.7. The lowest BCUT2D eigenvalue weighted by Gasteiger charge is -2.26. The summed E-state index contributed by atoms with van der Waals surface area (Å²) in [5.41, 5.74) is 10.3. The predicted molar refractivity (Wildman–Crippen MR) is 209 cm³/mol. The molecule has 234 valence electrons. The first-order valence-corrected chi connectivity index (χ1v) is 17.7. The first kappa shape index (κ1) is 28.3. The normalized spacial score (nSPS) is 18.1. The van der Waals surface area contributed by atoms with Crippen LogP contribution >= 0.6 is 0 Å². The Hall–Kier alpha value is -5.73. The SMILES string of the molecule is C1=CC(C2=CC(c3ccccc3)CC(C3=CC=C(n4c5c6ccccc6ccc5c5c6ccccc6c6ccccc6c54)CC3)=N2)=CCC1. The molecule has 0 N–H and O–H groups in total. The van der Waals surface area contributed by atoms with Gasteiger partial charge in [-0.15, -0.1) is 0 Å². The van der Waals surface area contributed by atoms with Gasteiger partial charge in [0.25, 0.3) is 0 Å². The minimum atomic E-state index is 0.314. The Morgan fingerprint density at radius 2 is 1.33 bits per heavy atom. The summed E-state index contributed by atoms with van der Waals surface area (Å²) in [5, 5.41) is 10.5. The van der Waals surface area contributed by atoms with Crippen molar-refractivity contribution in [1.29, 1.82) is 0 Å². The van der Waals surface area contributed by atoms with Gasteiger partial charge in [-0.25, -0.2) is 0 Å². The number of benzene rings is 6. The van der Waals surface area contributed by atoms with E-state index in [0.29, 0.717) is 5.92 Å². The van der Waals surface area contributed by atoms with Crippen LogP contribution in [0.1, 0.15) is 43.6 Å². The van der Waals surface area contributed by atoms with E-state index in [1.54, 1.807) is 0 Å². The Morgan fingerprint density at radius 3 is 2.10 bits per heavy atom. The molecule has 0 amide bonds. The van der Waals surface area contributed by atoms with Crippen LogP contribution in [0.4, 0.5) is 0 Å². The summed E-state index contributed by atoms with van der Waals surface area (Å²) in [7, 11) is 0. The molecule has 2 nitrogen and oxygen atoms in total. The molecular formula is C47H36N2. The number of rotatable bonds is 4. The lowest BCUT2D eigenvalue weighted by atomic mass is 9.84. The molecule has 1 atom stereocenters. The van der Waals surface area contributed by atoms with Crippen molar-refractivity contribution >= 4 is 65.5 Å². The molecule has 1 aromatic heterocycles. The Labute approximate surface area is 286 Å².